The molecule has 1 heterocycles. The zero-order chi connectivity index (χ0) is 15.4. The zero-order valence-electron chi connectivity index (χ0n) is 12.3. The van der Waals surface area contributed by atoms with Crippen molar-refractivity contribution in [3.63, 3.8) is 0 Å². The Labute approximate surface area is 135 Å². The van der Waals surface area contributed by atoms with Crippen LogP contribution in [0.4, 0.5) is 0 Å². The molecule has 0 radical (unpaired) electrons. The summed E-state index contributed by atoms with van der Waals surface area (Å²) in [5, 5.41) is 4.60. The van der Waals surface area contributed by atoms with Crippen molar-refractivity contribution < 1.29 is 4.74 Å². The molecule has 0 unspecified atom stereocenters. The first-order valence-corrected chi connectivity index (χ1v) is 7.57. The molecule has 0 amide bonds. The van der Waals surface area contributed by atoms with Crippen molar-refractivity contribution in [2.45, 2.75) is 27.3 Å². The molecule has 21 heavy (non-hydrogen) atoms. The molecular formula is C16H18Cl2N2O. The number of pyridine rings is 1. The lowest BCUT2D eigenvalue weighted by Crippen LogP contribution is -2.13. The standard InChI is InChI=1S/C16H18Cl2N2O/c1-4-19-9-14-13(17)5-6-15(20-14)21-12-7-10(2)16(18)11(3)8-12/h5-8,19H,4,9H2,1-3H3. The Kier molecular flexibility index (Phi) is 5.45. The van der Waals surface area contributed by atoms with Gasteiger partial charge in [0.1, 0.15) is 5.75 Å². The van der Waals surface area contributed by atoms with Crippen LogP contribution in [0.3, 0.4) is 0 Å². The summed E-state index contributed by atoms with van der Waals surface area (Å²) < 4.78 is 5.81. The van der Waals surface area contributed by atoms with E-state index in [2.05, 4.69) is 10.3 Å². The number of ether oxygens (including phenoxy) is 1. The van der Waals surface area contributed by atoms with E-state index in [1.807, 2.05) is 32.9 Å². The van der Waals surface area contributed by atoms with Crippen LogP contribution in [-0.4, -0.2) is 11.5 Å². The average Bonchev–Trinajstić information content (AvgIpc) is 2.45. The maximum atomic E-state index is 6.16. The molecule has 5 heteroatoms. The van der Waals surface area contributed by atoms with Gasteiger partial charge in [0.15, 0.2) is 0 Å². The fourth-order valence-corrected chi connectivity index (χ4v) is 2.26. The summed E-state index contributed by atoms with van der Waals surface area (Å²) in [5.74, 6) is 1.24. The van der Waals surface area contributed by atoms with Crippen LogP contribution in [0.15, 0.2) is 24.3 Å². The molecular weight excluding hydrogens is 307 g/mol. The van der Waals surface area contributed by atoms with Gasteiger partial charge in [-0.3, -0.25) is 0 Å². The molecule has 0 aliphatic rings. The Morgan fingerprint density at radius 3 is 2.43 bits per heavy atom. The minimum absolute atomic E-state index is 0.522. The second kappa shape index (κ2) is 7.12. The number of hydrogen-bond acceptors (Lipinski definition) is 3. The van der Waals surface area contributed by atoms with E-state index in [0.29, 0.717) is 17.4 Å². The van der Waals surface area contributed by atoms with Crippen LogP contribution >= 0.6 is 23.2 Å². The van der Waals surface area contributed by atoms with Crippen LogP contribution in [0.1, 0.15) is 23.7 Å². The van der Waals surface area contributed by atoms with E-state index < -0.39 is 0 Å². The molecule has 2 aromatic rings. The number of hydrogen-bond donors (Lipinski definition) is 1. The number of aryl methyl sites for hydroxylation is 2. The molecule has 0 saturated heterocycles. The van der Waals surface area contributed by atoms with Crippen molar-refractivity contribution in [3.8, 4) is 11.6 Å². The maximum absolute atomic E-state index is 6.16. The summed E-state index contributed by atoms with van der Waals surface area (Å²) in [6.45, 7) is 7.42. The minimum atomic E-state index is 0.522. The topological polar surface area (TPSA) is 34.2 Å². The predicted octanol–water partition coefficient (Wildman–Crippen LogP) is 4.91. The van der Waals surface area contributed by atoms with Gasteiger partial charge in [-0.05, 0) is 49.7 Å². The van der Waals surface area contributed by atoms with Gasteiger partial charge in [-0.25, -0.2) is 4.98 Å². The maximum Gasteiger partial charge on any atom is 0.219 e. The second-order valence-corrected chi connectivity index (χ2v) is 5.62. The van der Waals surface area contributed by atoms with Gasteiger partial charge in [-0.2, -0.15) is 0 Å². The summed E-state index contributed by atoms with van der Waals surface area (Å²) in [7, 11) is 0. The Balaban J connectivity index is 2.23. The molecule has 1 N–H and O–H groups in total. The smallest absolute Gasteiger partial charge is 0.219 e. The van der Waals surface area contributed by atoms with E-state index in [9.17, 15) is 0 Å². The van der Waals surface area contributed by atoms with Gasteiger partial charge in [0.25, 0.3) is 0 Å². The molecule has 0 atom stereocenters. The van der Waals surface area contributed by atoms with Crippen LogP contribution in [-0.2, 0) is 6.54 Å². The first kappa shape index (κ1) is 16.1. The molecule has 1 aromatic carbocycles. The summed E-state index contributed by atoms with van der Waals surface area (Å²) >= 11 is 12.3. The van der Waals surface area contributed by atoms with Crippen LogP contribution < -0.4 is 10.1 Å². The third kappa shape index (κ3) is 4.10. The van der Waals surface area contributed by atoms with Crippen molar-refractivity contribution in [1.82, 2.24) is 10.3 Å². The SMILES string of the molecule is CCNCc1nc(Oc2cc(C)c(Cl)c(C)c2)ccc1Cl. The number of nitrogens with zero attached hydrogens (tertiary/aromatic N) is 1. The second-order valence-electron chi connectivity index (χ2n) is 4.83. The van der Waals surface area contributed by atoms with Crippen molar-refractivity contribution >= 4 is 23.2 Å². The number of aromatic nitrogens is 1. The lowest BCUT2D eigenvalue weighted by atomic mass is 10.1. The van der Waals surface area contributed by atoms with Gasteiger partial charge >= 0.3 is 0 Å². The summed E-state index contributed by atoms with van der Waals surface area (Å²) in [6.07, 6.45) is 0. The fraction of sp³-hybridized carbons (Fsp3) is 0.312. The Morgan fingerprint density at radius 2 is 1.81 bits per heavy atom. The summed E-state index contributed by atoms with van der Waals surface area (Å²) in [4.78, 5) is 4.44. The van der Waals surface area contributed by atoms with Crippen molar-refractivity contribution in [2.75, 3.05) is 6.54 Å². The number of halogens is 2. The van der Waals surface area contributed by atoms with E-state index >= 15 is 0 Å². The lowest BCUT2D eigenvalue weighted by molar-refractivity contribution is 0.459. The predicted molar refractivity (Wildman–Crippen MR) is 87.6 cm³/mol. The Hall–Kier alpha value is -1.29. The first-order chi connectivity index (χ1) is 10.0. The molecule has 112 valence electrons. The number of rotatable bonds is 5. The van der Waals surface area contributed by atoms with E-state index in [1.54, 1.807) is 12.1 Å². The van der Waals surface area contributed by atoms with Gasteiger partial charge in [-0.15, -0.1) is 0 Å². The van der Waals surface area contributed by atoms with Crippen LogP contribution in [0.25, 0.3) is 0 Å². The highest BCUT2D eigenvalue weighted by molar-refractivity contribution is 6.32. The Bertz CT molecular complexity index is 621. The normalized spacial score (nSPS) is 10.7. The Morgan fingerprint density at radius 1 is 1.14 bits per heavy atom. The van der Waals surface area contributed by atoms with E-state index in [0.717, 1.165) is 34.1 Å². The van der Waals surface area contributed by atoms with E-state index in [4.69, 9.17) is 27.9 Å². The van der Waals surface area contributed by atoms with E-state index in [-0.39, 0.29) is 0 Å². The minimum Gasteiger partial charge on any atom is -0.439 e. The van der Waals surface area contributed by atoms with Gasteiger partial charge < -0.3 is 10.1 Å². The molecule has 0 aliphatic carbocycles. The lowest BCUT2D eigenvalue weighted by Gasteiger charge is -2.11. The quantitative estimate of drug-likeness (QED) is 0.848. The molecule has 0 saturated carbocycles. The average molecular weight is 325 g/mol. The highest BCUT2D eigenvalue weighted by atomic mass is 35.5. The zero-order valence-corrected chi connectivity index (χ0v) is 13.8. The van der Waals surface area contributed by atoms with Crippen LogP contribution in [0, 0.1) is 13.8 Å². The molecule has 0 spiro atoms. The molecule has 0 fully saturated rings. The number of nitrogens with one attached hydrogen (secondary N) is 1. The number of benzene rings is 1. The summed E-state index contributed by atoms with van der Waals surface area (Å²) in [6, 6.07) is 7.36. The highest BCUT2D eigenvalue weighted by Crippen LogP contribution is 2.29. The van der Waals surface area contributed by atoms with Crippen LogP contribution in [0.5, 0.6) is 11.6 Å². The third-order valence-corrected chi connectivity index (χ3v) is 4.01. The first-order valence-electron chi connectivity index (χ1n) is 6.82. The van der Waals surface area contributed by atoms with E-state index in [1.165, 1.54) is 0 Å². The molecule has 1 aromatic heterocycles. The van der Waals surface area contributed by atoms with Crippen molar-refractivity contribution in [3.05, 3.63) is 51.1 Å². The molecule has 3 nitrogen and oxygen atoms in total. The van der Waals surface area contributed by atoms with Gasteiger partial charge in [0.05, 0.1) is 10.7 Å². The molecule has 0 bridgehead atoms. The van der Waals surface area contributed by atoms with Crippen LogP contribution in [0.2, 0.25) is 10.0 Å². The molecule has 0 aliphatic heterocycles. The monoisotopic (exact) mass is 324 g/mol. The third-order valence-electron chi connectivity index (χ3n) is 3.07. The van der Waals surface area contributed by atoms with Gasteiger partial charge in [0.2, 0.25) is 5.88 Å². The van der Waals surface area contributed by atoms with Crippen molar-refractivity contribution in [1.29, 1.82) is 0 Å². The fourth-order valence-electron chi connectivity index (χ4n) is 1.97. The largest absolute Gasteiger partial charge is 0.439 e. The highest BCUT2D eigenvalue weighted by Gasteiger charge is 2.08. The summed E-state index contributed by atoms with van der Waals surface area (Å²) in [5.41, 5.74) is 2.74. The van der Waals surface area contributed by atoms with Gasteiger partial charge in [-0.1, -0.05) is 30.1 Å². The molecule has 2 rings (SSSR count). The van der Waals surface area contributed by atoms with Crippen molar-refractivity contribution in [2.24, 2.45) is 0 Å². The van der Waals surface area contributed by atoms with Gasteiger partial charge in [0, 0.05) is 17.6 Å².